The maximum absolute atomic E-state index is 5.45. The molecule has 1 aliphatic rings. The van der Waals surface area contributed by atoms with Crippen molar-refractivity contribution in [3.05, 3.63) is 72.4 Å². The Morgan fingerprint density at radius 1 is 0.938 bits per heavy atom. The molecule has 32 heavy (non-hydrogen) atoms. The third kappa shape index (κ3) is 4.38. The monoisotopic (exact) mass is 427 g/mol. The lowest BCUT2D eigenvalue weighted by Gasteiger charge is -2.26. The molecule has 0 saturated carbocycles. The van der Waals surface area contributed by atoms with Crippen LogP contribution in [0.3, 0.4) is 0 Å². The van der Waals surface area contributed by atoms with Crippen molar-refractivity contribution in [2.45, 2.75) is 13.3 Å². The quantitative estimate of drug-likeness (QED) is 0.440. The minimum atomic E-state index is 0.841. The van der Waals surface area contributed by atoms with E-state index in [0.717, 1.165) is 85.4 Å². The summed E-state index contributed by atoms with van der Waals surface area (Å²) < 4.78 is 7.41. The van der Waals surface area contributed by atoms with Crippen molar-refractivity contribution in [2.75, 3.05) is 44.7 Å². The highest BCUT2D eigenvalue weighted by Crippen LogP contribution is 2.31. The van der Waals surface area contributed by atoms with E-state index in [-0.39, 0.29) is 0 Å². The van der Waals surface area contributed by atoms with Gasteiger partial charge in [0.25, 0.3) is 0 Å². The van der Waals surface area contributed by atoms with Crippen LogP contribution in [0.15, 0.2) is 66.7 Å². The number of rotatable bonds is 7. The Labute approximate surface area is 188 Å². The Hall–Kier alpha value is -3.22. The second-order valence-electron chi connectivity index (χ2n) is 8.19. The molecule has 164 valence electrons. The fraction of sp³-hybridized carbons (Fsp3) is 0.308. The van der Waals surface area contributed by atoms with E-state index in [1.807, 2.05) is 16.6 Å². The second kappa shape index (κ2) is 9.51. The van der Waals surface area contributed by atoms with Gasteiger partial charge in [0.15, 0.2) is 5.65 Å². The predicted octanol–water partition coefficient (Wildman–Crippen LogP) is 4.51. The molecular formula is C26H29N5O. The van der Waals surface area contributed by atoms with Crippen LogP contribution in [0.25, 0.3) is 28.0 Å². The van der Waals surface area contributed by atoms with Gasteiger partial charge in [0.05, 0.1) is 24.6 Å². The van der Waals surface area contributed by atoms with Crippen molar-refractivity contribution in [3.63, 3.8) is 0 Å². The summed E-state index contributed by atoms with van der Waals surface area (Å²) in [6.45, 7) is 7.74. The van der Waals surface area contributed by atoms with Crippen LogP contribution < -0.4 is 5.32 Å². The van der Waals surface area contributed by atoms with Crippen LogP contribution in [0.5, 0.6) is 0 Å². The zero-order chi connectivity index (χ0) is 21.8. The molecule has 3 heterocycles. The Bertz CT molecular complexity index is 1170. The minimum Gasteiger partial charge on any atom is -0.379 e. The van der Waals surface area contributed by atoms with Crippen LogP contribution >= 0.6 is 0 Å². The molecule has 1 aliphatic heterocycles. The van der Waals surface area contributed by atoms with E-state index in [4.69, 9.17) is 14.8 Å². The van der Waals surface area contributed by atoms with Gasteiger partial charge in [0, 0.05) is 36.8 Å². The Kier molecular flexibility index (Phi) is 6.14. The SMILES string of the molecule is Cc1nn2c(NCCCN3CCOCC3)cc(-c3ccccc3)nc2c1-c1ccccc1. The zero-order valence-corrected chi connectivity index (χ0v) is 18.5. The first-order valence-electron chi connectivity index (χ1n) is 11.3. The number of aryl methyl sites for hydroxylation is 1. The van der Waals surface area contributed by atoms with Gasteiger partial charge in [0.1, 0.15) is 5.82 Å². The fourth-order valence-electron chi connectivity index (χ4n) is 4.29. The van der Waals surface area contributed by atoms with Crippen LogP contribution in [0, 0.1) is 6.92 Å². The number of ether oxygens (including phenoxy) is 1. The molecule has 1 N–H and O–H groups in total. The molecule has 0 bridgehead atoms. The molecule has 0 unspecified atom stereocenters. The first-order chi connectivity index (χ1) is 15.8. The molecule has 5 rings (SSSR count). The van der Waals surface area contributed by atoms with E-state index < -0.39 is 0 Å². The molecule has 2 aromatic heterocycles. The van der Waals surface area contributed by atoms with Gasteiger partial charge in [-0.2, -0.15) is 9.61 Å². The number of benzene rings is 2. The Morgan fingerprint density at radius 2 is 1.62 bits per heavy atom. The van der Waals surface area contributed by atoms with Crippen molar-refractivity contribution in [3.8, 4) is 22.4 Å². The number of hydrogen-bond donors (Lipinski definition) is 1. The van der Waals surface area contributed by atoms with Crippen molar-refractivity contribution >= 4 is 11.5 Å². The first kappa shape index (κ1) is 20.7. The van der Waals surface area contributed by atoms with Crippen LogP contribution in [0.4, 0.5) is 5.82 Å². The lowest BCUT2D eigenvalue weighted by molar-refractivity contribution is 0.0378. The lowest BCUT2D eigenvalue weighted by Crippen LogP contribution is -2.37. The molecule has 0 aliphatic carbocycles. The third-order valence-corrected chi connectivity index (χ3v) is 5.96. The average Bonchev–Trinajstić information content (AvgIpc) is 3.19. The molecule has 2 aromatic carbocycles. The first-order valence-corrected chi connectivity index (χ1v) is 11.3. The van der Waals surface area contributed by atoms with E-state index >= 15 is 0 Å². The van der Waals surface area contributed by atoms with Crippen molar-refractivity contribution in [1.29, 1.82) is 0 Å². The molecule has 0 amide bonds. The van der Waals surface area contributed by atoms with Gasteiger partial charge in [-0.3, -0.25) is 4.90 Å². The van der Waals surface area contributed by atoms with Crippen molar-refractivity contribution in [2.24, 2.45) is 0 Å². The molecule has 0 spiro atoms. The summed E-state index contributed by atoms with van der Waals surface area (Å²) in [6, 6.07) is 22.9. The van der Waals surface area contributed by atoms with E-state index in [2.05, 4.69) is 71.7 Å². The normalized spacial score (nSPS) is 14.7. The number of hydrogen-bond acceptors (Lipinski definition) is 5. The van der Waals surface area contributed by atoms with Crippen LogP contribution in [0.2, 0.25) is 0 Å². The van der Waals surface area contributed by atoms with Crippen LogP contribution in [-0.2, 0) is 4.74 Å². The zero-order valence-electron chi connectivity index (χ0n) is 18.5. The second-order valence-corrected chi connectivity index (χ2v) is 8.19. The molecule has 0 radical (unpaired) electrons. The highest BCUT2D eigenvalue weighted by Gasteiger charge is 2.17. The van der Waals surface area contributed by atoms with Gasteiger partial charge in [0.2, 0.25) is 0 Å². The van der Waals surface area contributed by atoms with E-state index in [9.17, 15) is 0 Å². The number of nitrogens with zero attached hydrogens (tertiary/aromatic N) is 4. The van der Waals surface area contributed by atoms with Crippen molar-refractivity contribution < 1.29 is 4.74 Å². The van der Waals surface area contributed by atoms with Crippen LogP contribution in [0.1, 0.15) is 12.1 Å². The van der Waals surface area contributed by atoms with Gasteiger partial charge in [-0.15, -0.1) is 0 Å². The molecule has 6 nitrogen and oxygen atoms in total. The number of morpholine rings is 1. The van der Waals surface area contributed by atoms with E-state index in [1.54, 1.807) is 0 Å². The highest BCUT2D eigenvalue weighted by atomic mass is 16.5. The smallest absolute Gasteiger partial charge is 0.166 e. The maximum atomic E-state index is 5.45. The molecule has 6 heteroatoms. The van der Waals surface area contributed by atoms with E-state index in [0.29, 0.717) is 0 Å². The minimum absolute atomic E-state index is 0.841. The number of fused-ring (bicyclic) bond motifs is 1. The van der Waals surface area contributed by atoms with Gasteiger partial charge >= 0.3 is 0 Å². The van der Waals surface area contributed by atoms with Crippen molar-refractivity contribution in [1.82, 2.24) is 19.5 Å². The van der Waals surface area contributed by atoms with Crippen LogP contribution in [-0.4, -0.2) is 58.9 Å². The molecule has 4 aromatic rings. The highest BCUT2D eigenvalue weighted by molar-refractivity contribution is 5.82. The summed E-state index contributed by atoms with van der Waals surface area (Å²) in [5.41, 5.74) is 6.13. The van der Waals surface area contributed by atoms with Gasteiger partial charge in [-0.1, -0.05) is 60.7 Å². The largest absolute Gasteiger partial charge is 0.379 e. The molecule has 1 saturated heterocycles. The summed E-state index contributed by atoms with van der Waals surface area (Å²) in [5, 5.41) is 8.49. The molecule has 1 fully saturated rings. The van der Waals surface area contributed by atoms with Gasteiger partial charge in [-0.05, 0) is 25.5 Å². The van der Waals surface area contributed by atoms with E-state index in [1.165, 1.54) is 0 Å². The molecular weight excluding hydrogens is 398 g/mol. The summed E-state index contributed by atoms with van der Waals surface area (Å²) in [7, 11) is 0. The number of anilines is 1. The van der Waals surface area contributed by atoms with Gasteiger partial charge in [-0.25, -0.2) is 4.98 Å². The summed E-state index contributed by atoms with van der Waals surface area (Å²) >= 11 is 0. The fourth-order valence-corrected chi connectivity index (χ4v) is 4.29. The number of aromatic nitrogens is 3. The number of nitrogens with one attached hydrogen (secondary N) is 1. The third-order valence-electron chi connectivity index (χ3n) is 5.96. The maximum Gasteiger partial charge on any atom is 0.166 e. The summed E-state index contributed by atoms with van der Waals surface area (Å²) in [4.78, 5) is 7.51. The lowest BCUT2D eigenvalue weighted by atomic mass is 10.1. The van der Waals surface area contributed by atoms with Gasteiger partial charge < -0.3 is 10.1 Å². The predicted molar refractivity (Wildman–Crippen MR) is 129 cm³/mol. The standard InChI is InChI=1S/C26H29N5O/c1-20-25(22-11-6-3-7-12-22)26-28-23(21-9-4-2-5-10-21)19-24(31(26)29-20)27-13-8-14-30-15-17-32-18-16-30/h2-7,9-12,19,27H,8,13-18H2,1H3. The molecule has 0 atom stereocenters. The Morgan fingerprint density at radius 3 is 2.34 bits per heavy atom. The Balaban J connectivity index is 1.48. The summed E-state index contributed by atoms with van der Waals surface area (Å²) in [5.74, 6) is 0.973. The average molecular weight is 428 g/mol. The topological polar surface area (TPSA) is 54.7 Å². The summed E-state index contributed by atoms with van der Waals surface area (Å²) in [6.07, 6.45) is 1.07.